The number of anilines is 1. The quantitative estimate of drug-likeness (QED) is 0.748. The molecule has 1 aromatic heterocycles. The van der Waals surface area contributed by atoms with Gasteiger partial charge in [0.2, 0.25) is 11.8 Å². The van der Waals surface area contributed by atoms with Crippen molar-refractivity contribution in [3.8, 4) is 0 Å². The lowest BCUT2D eigenvalue weighted by Crippen LogP contribution is -2.39. The van der Waals surface area contributed by atoms with Gasteiger partial charge in [-0.3, -0.25) is 14.5 Å². The summed E-state index contributed by atoms with van der Waals surface area (Å²) < 4.78 is 0. The minimum absolute atomic E-state index is 0.115. The molecule has 2 N–H and O–H groups in total. The maximum absolute atomic E-state index is 11.6. The predicted octanol–water partition coefficient (Wildman–Crippen LogP) is 0.406. The number of piperidine rings is 1. The first-order chi connectivity index (χ1) is 8.06. The average Bonchev–Trinajstić information content (AvgIpc) is 2.22. The van der Waals surface area contributed by atoms with Crippen molar-refractivity contribution in [2.75, 3.05) is 5.73 Å². The number of rotatable bonds is 2. The maximum Gasteiger partial charge on any atom is 0.229 e. The Morgan fingerprint density at radius 2 is 1.94 bits per heavy atom. The van der Waals surface area contributed by atoms with Gasteiger partial charge in [-0.2, -0.15) is 0 Å². The highest BCUT2D eigenvalue weighted by molar-refractivity contribution is 5.97. The fraction of sp³-hybridized carbons (Fsp3) is 0.455. The molecule has 6 heteroatoms. The Bertz CT molecular complexity index is 436. The predicted molar refractivity (Wildman–Crippen MR) is 60.6 cm³/mol. The van der Waals surface area contributed by atoms with Gasteiger partial charge in [0.05, 0.1) is 6.54 Å². The van der Waals surface area contributed by atoms with Crippen LogP contribution in [0.5, 0.6) is 0 Å². The third kappa shape index (κ3) is 2.58. The first kappa shape index (κ1) is 11.5. The number of carbonyl (C=O) groups is 2. The molecule has 0 bridgehead atoms. The Morgan fingerprint density at radius 3 is 2.53 bits per heavy atom. The number of nitrogen functional groups attached to an aromatic ring is 1. The number of hydrogen-bond acceptors (Lipinski definition) is 5. The molecule has 1 saturated heterocycles. The fourth-order valence-corrected chi connectivity index (χ4v) is 1.84. The van der Waals surface area contributed by atoms with Gasteiger partial charge in [0.15, 0.2) is 5.82 Å². The van der Waals surface area contributed by atoms with Gasteiger partial charge >= 0.3 is 0 Å². The van der Waals surface area contributed by atoms with Gasteiger partial charge in [-0.15, -0.1) is 0 Å². The zero-order chi connectivity index (χ0) is 12.4. The van der Waals surface area contributed by atoms with Gasteiger partial charge in [-0.05, 0) is 13.3 Å². The van der Waals surface area contributed by atoms with Crippen LogP contribution in [0.15, 0.2) is 6.07 Å². The van der Waals surface area contributed by atoms with E-state index in [9.17, 15) is 9.59 Å². The Balaban J connectivity index is 2.19. The molecule has 1 fully saturated rings. The zero-order valence-electron chi connectivity index (χ0n) is 9.64. The second-order valence-electron chi connectivity index (χ2n) is 4.08. The minimum atomic E-state index is -0.162. The van der Waals surface area contributed by atoms with Gasteiger partial charge in [0.1, 0.15) is 5.82 Å². The molecule has 0 spiro atoms. The van der Waals surface area contributed by atoms with E-state index in [0.29, 0.717) is 30.9 Å². The average molecular weight is 234 g/mol. The summed E-state index contributed by atoms with van der Waals surface area (Å²) in [6.07, 6.45) is 1.45. The van der Waals surface area contributed by atoms with Crippen LogP contribution in [0.4, 0.5) is 5.82 Å². The Hall–Kier alpha value is -1.98. The lowest BCUT2D eigenvalue weighted by atomic mass is 10.1. The first-order valence-corrected chi connectivity index (χ1v) is 5.49. The van der Waals surface area contributed by atoms with Crippen molar-refractivity contribution in [3.05, 3.63) is 17.6 Å². The Labute approximate surface area is 98.8 Å². The smallest absolute Gasteiger partial charge is 0.229 e. The van der Waals surface area contributed by atoms with E-state index in [0.717, 1.165) is 5.69 Å². The third-order valence-electron chi connectivity index (χ3n) is 2.60. The van der Waals surface area contributed by atoms with Gasteiger partial charge in [-0.1, -0.05) is 0 Å². The van der Waals surface area contributed by atoms with E-state index in [1.54, 1.807) is 13.0 Å². The molecule has 0 saturated carbocycles. The van der Waals surface area contributed by atoms with Crippen molar-refractivity contribution in [1.29, 1.82) is 0 Å². The van der Waals surface area contributed by atoms with Crippen LogP contribution in [-0.2, 0) is 16.1 Å². The lowest BCUT2D eigenvalue weighted by Gasteiger charge is -2.24. The molecule has 0 aromatic carbocycles. The molecule has 6 nitrogen and oxygen atoms in total. The highest BCUT2D eigenvalue weighted by atomic mass is 16.2. The summed E-state index contributed by atoms with van der Waals surface area (Å²) >= 11 is 0. The highest BCUT2D eigenvalue weighted by Crippen LogP contribution is 2.14. The second kappa shape index (κ2) is 4.48. The van der Waals surface area contributed by atoms with Crippen molar-refractivity contribution < 1.29 is 9.59 Å². The summed E-state index contributed by atoms with van der Waals surface area (Å²) in [4.78, 5) is 32.6. The summed E-state index contributed by atoms with van der Waals surface area (Å²) in [7, 11) is 0. The number of carbonyl (C=O) groups excluding carboxylic acids is 2. The SMILES string of the molecule is Cc1cc(N)nc(CN2C(=O)CCCC2=O)n1. The van der Waals surface area contributed by atoms with Crippen molar-refractivity contribution in [2.45, 2.75) is 32.7 Å². The van der Waals surface area contributed by atoms with Crippen LogP contribution in [0, 0.1) is 6.92 Å². The van der Waals surface area contributed by atoms with Crippen LogP contribution < -0.4 is 5.73 Å². The topological polar surface area (TPSA) is 89.2 Å². The third-order valence-corrected chi connectivity index (χ3v) is 2.60. The van der Waals surface area contributed by atoms with Crippen LogP contribution in [0.2, 0.25) is 0 Å². The maximum atomic E-state index is 11.6. The number of aryl methyl sites for hydroxylation is 1. The number of aromatic nitrogens is 2. The summed E-state index contributed by atoms with van der Waals surface area (Å²) in [6, 6.07) is 1.64. The van der Waals surface area contributed by atoms with Crippen LogP contribution in [0.25, 0.3) is 0 Å². The van der Waals surface area contributed by atoms with E-state index in [4.69, 9.17) is 5.73 Å². The van der Waals surface area contributed by atoms with Crippen LogP contribution in [0.3, 0.4) is 0 Å². The van der Waals surface area contributed by atoms with Crippen molar-refractivity contribution in [3.63, 3.8) is 0 Å². The van der Waals surface area contributed by atoms with Crippen molar-refractivity contribution >= 4 is 17.6 Å². The summed E-state index contributed by atoms with van der Waals surface area (Å²) in [5.41, 5.74) is 6.32. The Kier molecular flexibility index (Phi) is 3.03. The number of likely N-dealkylation sites (tertiary alicyclic amines) is 1. The fourth-order valence-electron chi connectivity index (χ4n) is 1.84. The van der Waals surface area contributed by atoms with Gasteiger partial charge in [0.25, 0.3) is 0 Å². The largest absolute Gasteiger partial charge is 0.384 e. The van der Waals surface area contributed by atoms with Crippen LogP contribution in [0.1, 0.15) is 30.8 Å². The molecule has 0 aliphatic carbocycles. The highest BCUT2D eigenvalue weighted by Gasteiger charge is 2.26. The lowest BCUT2D eigenvalue weighted by molar-refractivity contribution is -0.148. The minimum Gasteiger partial charge on any atom is -0.384 e. The summed E-state index contributed by atoms with van der Waals surface area (Å²) in [5, 5.41) is 0. The van der Waals surface area contributed by atoms with Gasteiger partial charge < -0.3 is 5.73 Å². The molecule has 90 valence electrons. The number of nitrogens with two attached hydrogens (primary N) is 1. The van der Waals surface area contributed by atoms with Gasteiger partial charge in [0, 0.05) is 24.6 Å². The van der Waals surface area contributed by atoms with Crippen molar-refractivity contribution in [1.82, 2.24) is 14.9 Å². The molecule has 1 aliphatic rings. The molecule has 17 heavy (non-hydrogen) atoms. The number of nitrogens with zero attached hydrogens (tertiary/aromatic N) is 3. The number of imide groups is 1. The van der Waals surface area contributed by atoms with E-state index in [1.165, 1.54) is 4.90 Å². The van der Waals surface area contributed by atoms with E-state index in [2.05, 4.69) is 9.97 Å². The van der Waals surface area contributed by atoms with E-state index in [-0.39, 0.29) is 18.4 Å². The molecular weight excluding hydrogens is 220 g/mol. The second-order valence-corrected chi connectivity index (χ2v) is 4.08. The van der Waals surface area contributed by atoms with E-state index < -0.39 is 0 Å². The van der Waals surface area contributed by atoms with Gasteiger partial charge in [-0.25, -0.2) is 9.97 Å². The zero-order valence-corrected chi connectivity index (χ0v) is 9.64. The summed E-state index contributed by atoms with van der Waals surface area (Å²) in [6.45, 7) is 1.91. The van der Waals surface area contributed by atoms with E-state index >= 15 is 0 Å². The van der Waals surface area contributed by atoms with Crippen LogP contribution >= 0.6 is 0 Å². The standard InChI is InChI=1S/C11H14N4O2/c1-7-5-8(12)14-9(13-7)6-15-10(16)3-2-4-11(15)17/h5H,2-4,6H2,1H3,(H2,12,13,14). The molecule has 1 aromatic rings. The Morgan fingerprint density at radius 1 is 1.29 bits per heavy atom. The summed E-state index contributed by atoms with van der Waals surface area (Å²) in [5.74, 6) is 0.436. The molecule has 0 unspecified atom stereocenters. The molecule has 2 rings (SSSR count). The molecule has 2 heterocycles. The monoisotopic (exact) mass is 234 g/mol. The number of hydrogen-bond donors (Lipinski definition) is 1. The number of amides is 2. The molecule has 2 amide bonds. The molecule has 1 aliphatic heterocycles. The molecule has 0 atom stereocenters. The van der Waals surface area contributed by atoms with Crippen molar-refractivity contribution in [2.24, 2.45) is 0 Å². The molecule has 0 radical (unpaired) electrons. The van der Waals surface area contributed by atoms with E-state index in [1.807, 2.05) is 0 Å². The van der Waals surface area contributed by atoms with Crippen LogP contribution in [-0.4, -0.2) is 26.7 Å². The normalized spacial score (nSPS) is 16.4. The molecular formula is C11H14N4O2. The first-order valence-electron chi connectivity index (χ1n) is 5.49.